The lowest BCUT2D eigenvalue weighted by atomic mass is 9.59. The molecular formula is C99H100N2O3. The van der Waals surface area contributed by atoms with Crippen LogP contribution >= 0.6 is 0 Å². The highest BCUT2D eigenvalue weighted by Gasteiger charge is 2.56. The molecule has 104 heavy (non-hydrogen) atoms. The summed E-state index contributed by atoms with van der Waals surface area (Å²) in [6.45, 7) is 29.1. The number of aromatic amines is 1. The largest absolute Gasteiger partial charge is 0.497 e. The quantitative estimate of drug-likeness (QED) is 0.107. The third kappa shape index (κ3) is 13.1. The van der Waals surface area contributed by atoms with E-state index >= 15 is 0 Å². The molecular weight excluding hydrogens is 1270 g/mol. The molecule has 0 spiro atoms. The second kappa shape index (κ2) is 30.0. The number of aliphatic hydroxyl groups excluding tert-OH is 1. The molecule has 1 aliphatic carbocycles. The molecule has 5 heteroatoms. The summed E-state index contributed by atoms with van der Waals surface area (Å²) in [5.41, 5.74) is 34.0. The Balaban J connectivity index is 0.00000114. The minimum atomic E-state index is -1.02. The number of nitrogens with zero attached hydrogens (tertiary/aromatic N) is 1. The molecule has 15 rings (SSSR count). The zero-order valence-corrected chi connectivity index (χ0v) is 63.6. The normalized spacial score (nSPS) is 13.5. The maximum atomic E-state index is 7.57. The standard InChI is InChI=1S/C92H82N2O2.C5H12.C2H6O/c1-13-58-28-32-66(33-29-58)81-77(62-36-46-68(47-37-62)90(5,6)7)75(64-40-50-71(95-11)51-41-64)79(60-21-17-15-18-22-60)84-83-73-54-27-57(4)55-74(73)92(70-44-25-56(3)26-45-70)85-80(61-23-19-16-20-24-61)76(65-42-52-72(96-12)53-43-65)78(63-38-48-69(49-39-63)91(8,9)10)82(67-34-30-59(14-2)31-35-67)87(85)94-89(92)88(83)93-86(81)84;1-3-5-4-2;1-2-3/h15-55,93H,13-14H2,1-12H3;3-5H2,1-2H3;3H,2H2,1H3/t92-;;/m0../s1. The monoisotopic (exact) mass is 1360 g/mol. The molecule has 0 unspecified atom stereocenters. The summed E-state index contributed by atoms with van der Waals surface area (Å²) in [4.78, 5) is 11.1. The van der Waals surface area contributed by atoms with E-state index in [1.54, 1.807) is 21.1 Å². The van der Waals surface area contributed by atoms with Crippen molar-refractivity contribution in [3.8, 4) is 112 Å². The summed E-state index contributed by atoms with van der Waals surface area (Å²) in [7, 11) is 3.51. The number of aromatic nitrogens is 1. The average molecular weight is 1370 g/mol. The molecule has 2 heterocycles. The van der Waals surface area contributed by atoms with Crippen molar-refractivity contribution in [2.24, 2.45) is 4.99 Å². The Bertz CT molecular complexity index is 5220. The molecule has 0 saturated carbocycles. The Hall–Kier alpha value is -10.6. The van der Waals surface area contributed by atoms with Crippen LogP contribution in [0.3, 0.4) is 0 Å². The molecule has 13 aromatic rings. The van der Waals surface area contributed by atoms with Gasteiger partial charge in [-0.3, -0.25) is 0 Å². The highest BCUT2D eigenvalue weighted by atomic mass is 16.5. The number of rotatable bonds is 15. The summed E-state index contributed by atoms with van der Waals surface area (Å²) in [5.74, 6) is 1.60. The van der Waals surface area contributed by atoms with E-state index in [9.17, 15) is 0 Å². The number of hydrogen-bond acceptors (Lipinski definition) is 4. The lowest BCUT2D eigenvalue weighted by molar-refractivity contribution is 0.318. The highest BCUT2D eigenvalue weighted by molar-refractivity contribution is 6.32. The van der Waals surface area contributed by atoms with Gasteiger partial charge in [-0.05, 0) is 169 Å². The number of ether oxygens (including phenoxy) is 2. The summed E-state index contributed by atoms with van der Waals surface area (Å²) >= 11 is 0. The van der Waals surface area contributed by atoms with Gasteiger partial charge in [0.25, 0.3) is 0 Å². The van der Waals surface area contributed by atoms with Crippen molar-refractivity contribution in [3.05, 3.63) is 304 Å². The third-order valence-electron chi connectivity index (χ3n) is 21.2. The van der Waals surface area contributed by atoms with E-state index in [4.69, 9.17) is 19.6 Å². The number of fused-ring (bicyclic) bond motifs is 10. The molecule has 0 saturated heterocycles. The van der Waals surface area contributed by atoms with Gasteiger partial charge < -0.3 is 19.6 Å². The molecule has 12 aromatic carbocycles. The van der Waals surface area contributed by atoms with E-state index in [0.717, 1.165) is 164 Å². The van der Waals surface area contributed by atoms with Gasteiger partial charge in [-0.25, -0.2) is 4.99 Å². The van der Waals surface area contributed by atoms with Crippen molar-refractivity contribution in [3.63, 3.8) is 0 Å². The molecule has 2 N–H and O–H groups in total. The first-order valence-electron chi connectivity index (χ1n) is 37.5. The van der Waals surface area contributed by atoms with Crippen LogP contribution in [-0.4, -0.2) is 36.6 Å². The number of methoxy groups -OCH3 is 2. The number of hydrogen-bond donors (Lipinski definition) is 2. The highest BCUT2D eigenvalue weighted by Crippen LogP contribution is 2.67. The molecule has 0 fully saturated rings. The number of nitrogens with one attached hydrogen (secondary N) is 1. The Morgan fingerprint density at radius 1 is 0.404 bits per heavy atom. The first-order valence-corrected chi connectivity index (χ1v) is 37.5. The van der Waals surface area contributed by atoms with E-state index in [1.165, 1.54) is 58.2 Å². The SMILES string of the molecule is CCCCC.CCO.CCc1ccc(-c2c3c(c(-c4ccccc4)c(-c4ccc(OC)cc4)c2-c2ccc(C(C)(C)C)cc2)[C@@]2(c4ccc(C)cc4)C(=N3)c3[nH]c4c(-c5ccc(CC)cc5)c(-c5ccc(C(C)(C)C)cc5)c(-c5ccc(OC)cc5)c(-c5ccccc5)c4c3-c3ccc(C)cc32)cc1. The molecule has 0 amide bonds. The first kappa shape index (κ1) is 71.8. The van der Waals surface area contributed by atoms with Gasteiger partial charge in [0.1, 0.15) is 11.5 Å². The van der Waals surface area contributed by atoms with Crippen LogP contribution in [0.1, 0.15) is 151 Å². The van der Waals surface area contributed by atoms with E-state index in [2.05, 4.69) is 337 Å². The van der Waals surface area contributed by atoms with Gasteiger partial charge in [0.15, 0.2) is 0 Å². The molecule has 1 aromatic heterocycles. The van der Waals surface area contributed by atoms with Gasteiger partial charge in [-0.1, -0.05) is 324 Å². The van der Waals surface area contributed by atoms with Crippen LogP contribution in [0.15, 0.2) is 254 Å². The number of H-pyrrole nitrogens is 1. The molecule has 0 radical (unpaired) electrons. The zero-order valence-electron chi connectivity index (χ0n) is 63.6. The molecule has 524 valence electrons. The second-order valence-corrected chi connectivity index (χ2v) is 30.1. The fourth-order valence-electron chi connectivity index (χ4n) is 15.8. The van der Waals surface area contributed by atoms with Gasteiger partial charge >= 0.3 is 0 Å². The molecule has 1 aliphatic heterocycles. The summed E-state index contributed by atoms with van der Waals surface area (Å²) in [5, 5.41) is 8.71. The lowest BCUT2D eigenvalue weighted by Gasteiger charge is -2.41. The minimum Gasteiger partial charge on any atom is -0.497 e. The van der Waals surface area contributed by atoms with Crippen molar-refractivity contribution in [2.75, 3.05) is 20.8 Å². The fourth-order valence-corrected chi connectivity index (χ4v) is 15.8. The number of aryl methyl sites for hydroxylation is 4. The Morgan fingerprint density at radius 2 is 0.788 bits per heavy atom. The zero-order chi connectivity index (χ0) is 73.2. The maximum Gasteiger partial charge on any atom is 0.118 e. The van der Waals surface area contributed by atoms with E-state index in [1.807, 2.05) is 0 Å². The first-order chi connectivity index (χ1) is 50.3. The van der Waals surface area contributed by atoms with Gasteiger partial charge in [-0.2, -0.15) is 0 Å². The Morgan fingerprint density at radius 3 is 1.22 bits per heavy atom. The van der Waals surface area contributed by atoms with Crippen LogP contribution < -0.4 is 9.47 Å². The summed E-state index contributed by atoms with van der Waals surface area (Å²) in [6, 6.07) is 94.0. The van der Waals surface area contributed by atoms with Crippen LogP contribution in [-0.2, 0) is 29.1 Å². The van der Waals surface area contributed by atoms with Gasteiger partial charge in [0.2, 0.25) is 0 Å². The molecule has 1 atom stereocenters. The van der Waals surface area contributed by atoms with Gasteiger partial charge in [-0.15, -0.1) is 0 Å². The van der Waals surface area contributed by atoms with E-state index in [-0.39, 0.29) is 17.4 Å². The van der Waals surface area contributed by atoms with Crippen LogP contribution in [0.4, 0.5) is 5.69 Å². The summed E-state index contributed by atoms with van der Waals surface area (Å²) < 4.78 is 11.9. The third-order valence-corrected chi connectivity index (χ3v) is 21.2. The fraction of sp³-hybridized carbons (Fsp3) is 0.242. The maximum absolute atomic E-state index is 7.57. The number of aliphatic imine (C=N–C) groups is 1. The molecule has 2 aliphatic rings. The van der Waals surface area contributed by atoms with Crippen molar-refractivity contribution < 1.29 is 14.6 Å². The van der Waals surface area contributed by atoms with Gasteiger partial charge in [0, 0.05) is 50.9 Å². The predicted octanol–water partition coefficient (Wildman–Crippen LogP) is 26.5. The lowest BCUT2D eigenvalue weighted by Crippen LogP contribution is -2.40. The molecule has 5 nitrogen and oxygen atoms in total. The van der Waals surface area contributed by atoms with Crippen LogP contribution in [0.2, 0.25) is 0 Å². The number of aliphatic hydroxyl groups is 1. The van der Waals surface area contributed by atoms with Crippen LogP contribution in [0.25, 0.3) is 111 Å². The minimum absolute atomic E-state index is 0.0602. The number of unbranched alkanes of at least 4 members (excludes halogenated alkanes) is 2. The Kier molecular flexibility index (Phi) is 20.7. The Labute approximate surface area is 618 Å². The van der Waals surface area contributed by atoms with E-state index < -0.39 is 5.41 Å². The van der Waals surface area contributed by atoms with Crippen molar-refractivity contribution in [1.29, 1.82) is 0 Å². The van der Waals surface area contributed by atoms with Crippen molar-refractivity contribution >= 4 is 22.3 Å². The topological polar surface area (TPSA) is 66.8 Å². The second-order valence-electron chi connectivity index (χ2n) is 30.1. The number of benzene rings is 12. The van der Waals surface area contributed by atoms with Gasteiger partial charge in [0.05, 0.1) is 42.2 Å². The summed E-state index contributed by atoms with van der Waals surface area (Å²) in [6.07, 6.45) is 5.92. The average Bonchev–Trinajstić information content (AvgIpc) is 1.47. The van der Waals surface area contributed by atoms with Crippen LogP contribution in [0, 0.1) is 13.8 Å². The smallest absolute Gasteiger partial charge is 0.118 e. The van der Waals surface area contributed by atoms with E-state index in [0.29, 0.717) is 0 Å². The van der Waals surface area contributed by atoms with Crippen molar-refractivity contribution in [2.45, 2.75) is 138 Å². The van der Waals surface area contributed by atoms with Crippen LogP contribution in [0.5, 0.6) is 11.5 Å². The predicted molar refractivity (Wildman–Crippen MR) is 443 cm³/mol. The van der Waals surface area contributed by atoms with Crippen molar-refractivity contribution in [1.82, 2.24) is 4.98 Å². The molecule has 0 bridgehead atoms.